The number of benzene rings is 2. The van der Waals surface area contributed by atoms with Gasteiger partial charge >= 0.3 is 11.9 Å². The predicted octanol–water partition coefficient (Wildman–Crippen LogP) is 3.34. The largest absolute Gasteiger partial charge is 0.485 e. The molecule has 11 nitrogen and oxygen atoms in total. The summed E-state index contributed by atoms with van der Waals surface area (Å²) in [6.45, 7) is 7.77. The van der Waals surface area contributed by atoms with E-state index in [9.17, 15) is 26.4 Å². The first-order chi connectivity index (χ1) is 18.9. The molecular formula is C27H40N2O9S4. The SMILES string of the molecule is C.COC(=O)C(C)(COC(C)=S)NS(=O)(=O)c1ccc(C)cc1.COC(=O)C(C)(CS)NS(=O)(=O)c1ccc(C)cc1. The van der Waals surface area contributed by atoms with Crippen LogP contribution in [0.5, 0.6) is 0 Å². The fraction of sp³-hybridized carbons (Fsp3) is 0.444. The highest BCUT2D eigenvalue weighted by Gasteiger charge is 2.40. The fourth-order valence-electron chi connectivity index (χ4n) is 3.11. The van der Waals surface area contributed by atoms with Crippen molar-refractivity contribution >= 4 is 61.9 Å². The Bertz CT molecular complexity index is 1430. The highest BCUT2D eigenvalue weighted by molar-refractivity contribution is 7.90. The molecule has 0 radical (unpaired) electrons. The number of esters is 2. The summed E-state index contributed by atoms with van der Waals surface area (Å²) in [5.74, 6) is -1.46. The van der Waals surface area contributed by atoms with Crippen molar-refractivity contribution in [2.24, 2.45) is 0 Å². The van der Waals surface area contributed by atoms with Gasteiger partial charge in [0, 0.05) is 12.7 Å². The summed E-state index contributed by atoms with van der Waals surface area (Å²) in [5.41, 5.74) is -1.11. The molecule has 2 rings (SSSR count). The lowest BCUT2D eigenvalue weighted by Crippen LogP contribution is -2.56. The van der Waals surface area contributed by atoms with E-state index in [2.05, 4.69) is 31.5 Å². The van der Waals surface area contributed by atoms with Crippen molar-refractivity contribution in [2.45, 2.75) is 62.9 Å². The summed E-state index contributed by atoms with van der Waals surface area (Å²) in [7, 11) is -5.34. The minimum absolute atomic E-state index is 0. The van der Waals surface area contributed by atoms with E-state index in [1.54, 1.807) is 24.3 Å². The lowest BCUT2D eigenvalue weighted by molar-refractivity contribution is -0.148. The monoisotopic (exact) mass is 664 g/mol. The standard InChI is InChI=1S/C14H19NO5S2.C12H17NO4S2.CH4/c1-10-5-7-12(8-6-10)22(17,18)15-14(3,13(16)19-4)9-20-11(2)21;1-9-4-6-10(7-5-9)19(15,16)13-12(2,8-18)11(14)17-3;/h5-8,15H,9H2,1-4H3;4-7,13,18H,8H2,1-3H3;1H4. The van der Waals surface area contributed by atoms with E-state index in [0.717, 1.165) is 11.1 Å². The Kier molecular flexibility index (Phi) is 15.3. The number of thiocarbonyl (C=S) groups is 1. The summed E-state index contributed by atoms with van der Waals surface area (Å²) in [6.07, 6.45) is 0. The number of thiol groups is 1. The van der Waals surface area contributed by atoms with Gasteiger partial charge in [0.25, 0.3) is 0 Å². The molecule has 2 unspecified atom stereocenters. The third-order valence-electron chi connectivity index (χ3n) is 5.53. The maximum absolute atomic E-state index is 12.4. The molecule has 236 valence electrons. The van der Waals surface area contributed by atoms with Gasteiger partial charge in [-0.1, -0.05) is 42.8 Å². The maximum atomic E-state index is 12.4. The molecule has 0 amide bonds. The number of nitrogens with one attached hydrogen (secondary N) is 2. The molecule has 0 aliphatic rings. The first-order valence-corrected chi connectivity index (χ1v) is 16.0. The first kappa shape index (κ1) is 39.4. The van der Waals surface area contributed by atoms with Gasteiger partial charge in [-0.3, -0.25) is 4.79 Å². The lowest BCUT2D eigenvalue weighted by Gasteiger charge is -2.27. The van der Waals surface area contributed by atoms with Crippen molar-refractivity contribution in [3.8, 4) is 0 Å². The lowest BCUT2D eigenvalue weighted by atomic mass is 10.1. The fourth-order valence-corrected chi connectivity index (χ4v) is 6.19. The van der Waals surface area contributed by atoms with Crippen LogP contribution in [0.3, 0.4) is 0 Å². The third-order valence-corrected chi connectivity index (χ3v) is 9.51. The second-order valence-electron chi connectivity index (χ2n) is 9.42. The Labute approximate surface area is 260 Å². The van der Waals surface area contributed by atoms with Crippen molar-refractivity contribution in [1.29, 1.82) is 0 Å². The number of carbonyl (C=O) groups is 2. The number of methoxy groups -OCH3 is 2. The number of aryl methyl sites for hydroxylation is 2. The molecule has 15 heteroatoms. The van der Waals surface area contributed by atoms with E-state index in [-0.39, 0.29) is 34.6 Å². The van der Waals surface area contributed by atoms with Crippen LogP contribution < -0.4 is 9.44 Å². The smallest absolute Gasteiger partial charge is 0.330 e. The molecule has 0 heterocycles. The molecule has 2 atom stereocenters. The zero-order chi connectivity index (χ0) is 31.6. The van der Waals surface area contributed by atoms with Crippen LogP contribution in [-0.4, -0.2) is 71.5 Å². The topological polar surface area (TPSA) is 154 Å². The molecule has 0 aliphatic carbocycles. The predicted molar refractivity (Wildman–Crippen MR) is 169 cm³/mol. The average molecular weight is 665 g/mol. The molecule has 0 fully saturated rings. The van der Waals surface area contributed by atoms with Crippen molar-refractivity contribution in [3.05, 3.63) is 59.7 Å². The van der Waals surface area contributed by atoms with E-state index in [4.69, 9.17) is 17.0 Å². The zero-order valence-electron chi connectivity index (χ0n) is 23.9. The van der Waals surface area contributed by atoms with Crippen LogP contribution in [0.25, 0.3) is 0 Å². The van der Waals surface area contributed by atoms with Crippen LogP contribution in [0, 0.1) is 13.8 Å². The van der Waals surface area contributed by atoms with Gasteiger partial charge in [-0.05, 0) is 64.2 Å². The number of sulfonamides is 2. The Hall–Kier alpha value is -2.56. The van der Waals surface area contributed by atoms with Gasteiger partial charge in [0.15, 0.2) is 10.6 Å². The Morgan fingerprint density at radius 3 is 1.43 bits per heavy atom. The van der Waals surface area contributed by atoms with Gasteiger partial charge in [0.05, 0.1) is 24.0 Å². The third kappa shape index (κ3) is 11.3. The van der Waals surface area contributed by atoms with Crippen LogP contribution in [0.15, 0.2) is 58.3 Å². The molecule has 0 saturated heterocycles. The van der Waals surface area contributed by atoms with Crippen LogP contribution in [0.2, 0.25) is 0 Å². The number of hydrogen-bond acceptors (Lipinski definition) is 11. The molecule has 0 bridgehead atoms. The summed E-state index contributed by atoms with van der Waals surface area (Å²) in [4.78, 5) is 23.7. The zero-order valence-corrected chi connectivity index (χ0v) is 27.2. The second kappa shape index (κ2) is 16.3. The Morgan fingerprint density at radius 2 is 1.12 bits per heavy atom. The van der Waals surface area contributed by atoms with Crippen molar-refractivity contribution in [1.82, 2.24) is 9.44 Å². The molecule has 2 aromatic rings. The Morgan fingerprint density at radius 1 is 0.786 bits per heavy atom. The summed E-state index contributed by atoms with van der Waals surface area (Å²) >= 11 is 8.79. The average Bonchev–Trinajstić information content (AvgIpc) is 2.91. The second-order valence-corrected chi connectivity index (χ2v) is 13.7. The van der Waals surface area contributed by atoms with Gasteiger partial charge in [-0.25, -0.2) is 21.6 Å². The molecule has 2 aromatic carbocycles. The Balaban J connectivity index is 0.000000790. The summed E-state index contributed by atoms with van der Waals surface area (Å²) in [6, 6.07) is 12.6. The maximum Gasteiger partial charge on any atom is 0.330 e. The van der Waals surface area contributed by atoms with E-state index >= 15 is 0 Å². The molecule has 2 N–H and O–H groups in total. The minimum Gasteiger partial charge on any atom is -0.485 e. The summed E-state index contributed by atoms with van der Waals surface area (Å²) < 4.78 is 68.2. The normalized spacial score (nSPS) is 14.0. The van der Waals surface area contributed by atoms with Gasteiger partial charge in [0.1, 0.15) is 12.1 Å². The number of hydrogen-bond donors (Lipinski definition) is 3. The highest BCUT2D eigenvalue weighted by Crippen LogP contribution is 2.18. The van der Waals surface area contributed by atoms with Crippen LogP contribution in [-0.2, 0) is 43.8 Å². The van der Waals surface area contributed by atoms with Gasteiger partial charge in [0.2, 0.25) is 20.0 Å². The van der Waals surface area contributed by atoms with Gasteiger partial charge in [-0.15, -0.1) is 0 Å². The highest BCUT2D eigenvalue weighted by atomic mass is 32.2. The van der Waals surface area contributed by atoms with Crippen molar-refractivity contribution in [3.63, 3.8) is 0 Å². The summed E-state index contributed by atoms with van der Waals surface area (Å²) in [5, 5.41) is 0.199. The number of rotatable bonds is 11. The molecule has 0 spiro atoms. The molecule has 0 saturated carbocycles. The van der Waals surface area contributed by atoms with Crippen molar-refractivity contribution < 1.29 is 40.6 Å². The van der Waals surface area contributed by atoms with E-state index in [0.29, 0.717) is 0 Å². The van der Waals surface area contributed by atoms with Crippen LogP contribution in [0.1, 0.15) is 39.3 Å². The van der Waals surface area contributed by atoms with Gasteiger partial charge in [-0.2, -0.15) is 22.1 Å². The van der Waals surface area contributed by atoms with Crippen LogP contribution >= 0.6 is 24.8 Å². The number of carbonyl (C=O) groups excluding carboxylic acids is 2. The number of ether oxygens (including phenoxy) is 3. The minimum atomic E-state index is -3.91. The van der Waals surface area contributed by atoms with Gasteiger partial charge < -0.3 is 14.2 Å². The molecular weight excluding hydrogens is 625 g/mol. The van der Waals surface area contributed by atoms with E-state index in [1.165, 1.54) is 59.3 Å². The van der Waals surface area contributed by atoms with E-state index in [1.807, 2.05) is 13.8 Å². The molecule has 0 aliphatic heterocycles. The molecule has 0 aromatic heterocycles. The molecule has 42 heavy (non-hydrogen) atoms. The quantitative estimate of drug-likeness (QED) is 0.185. The van der Waals surface area contributed by atoms with E-state index < -0.39 is 43.1 Å². The van der Waals surface area contributed by atoms with Crippen LogP contribution in [0.4, 0.5) is 0 Å². The first-order valence-electron chi connectivity index (χ1n) is 12.0. The van der Waals surface area contributed by atoms with Crippen molar-refractivity contribution in [2.75, 3.05) is 26.6 Å².